The van der Waals surface area contributed by atoms with Crippen LogP contribution in [-0.2, 0) is 19.3 Å². The monoisotopic (exact) mass is 343 g/mol. The zero-order chi connectivity index (χ0) is 15.6. The lowest BCUT2D eigenvalue weighted by atomic mass is 9.97. The fourth-order valence-electron chi connectivity index (χ4n) is 3.20. The molecule has 2 heterocycles. The van der Waals surface area contributed by atoms with Crippen molar-refractivity contribution in [3.8, 4) is 0 Å². The minimum absolute atomic E-state index is 0.782. The second-order valence-corrected chi connectivity index (χ2v) is 7.44. The smallest absolute Gasteiger partial charge is 0.138 e. The number of nitrogens with zero attached hydrogens (tertiary/aromatic N) is 2. The van der Waals surface area contributed by atoms with Crippen molar-refractivity contribution in [2.24, 2.45) is 0 Å². The molecule has 3 nitrogen and oxygen atoms in total. The first-order valence-corrected chi connectivity index (χ1v) is 9.24. The zero-order valence-electron chi connectivity index (χ0n) is 12.8. The molecule has 3 aromatic rings. The van der Waals surface area contributed by atoms with Crippen LogP contribution in [0.4, 0.5) is 5.82 Å². The molecule has 0 atom stereocenters. The van der Waals surface area contributed by atoms with E-state index in [9.17, 15) is 0 Å². The van der Waals surface area contributed by atoms with Crippen LogP contribution in [0.25, 0.3) is 10.2 Å². The molecule has 0 saturated carbocycles. The third-order valence-electron chi connectivity index (χ3n) is 4.37. The highest BCUT2D eigenvalue weighted by Crippen LogP contribution is 2.38. The van der Waals surface area contributed by atoms with Gasteiger partial charge in [0.15, 0.2) is 0 Å². The predicted molar refractivity (Wildman–Crippen MR) is 97.7 cm³/mol. The first-order valence-electron chi connectivity index (χ1n) is 8.05. The van der Waals surface area contributed by atoms with E-state index >= 15 is 0 Å². The average molecular weight is 344 g/mol. The van der Waals surface area contributed by atoms with Gasteiger partial charge in [0.1, 0.15) is 17.0 Å². The molecule has 1 aliphatic rings. The fourth-order valence-corrected chi connectivity index (χ4v) is 4.56. The Morgan fingerprint density at radius 1 is 1.09 bits per heavy atom. The Kier molecular flexibility index (Phi) is 4.19. The molecular weight excluding hydrogens is 326 g/mol. The largest absolute Gasteiger partial charge is 0.369 e. The lowest BCUT2D eigenvalue weighted by Gasteiger charge is -2.12. The normalized spacial score (nSPS) is 14.0. The molecule has 0 bridgehead atoms. The van der Waals surface area contributed by atoms with Crippen LogP contribution < -0.4 is 5.32 Å². The Bertz CT molecular complexity index is 826. The van der Waals surface area contributed by atoms with E-state index in [1.807, 2.05) is 23.5 Å². The van der Waals surface area contributed by atoms with Gasteiger partial charge >= 0.3 is 0 Å². The standard InChI is InChI=1S/C18H18ClN3S/c19-13-7-5-12(6-8-13)9-10-20-17-16-14-3-1-2-4-15(14)23-18(16)22-11-21-17/h5-8,11H,1-4,9-10H2,(H,20,21,22). The first-order chi connectivity index (χ1) is 11.3. The maximum absolute atomic E-state index is 5.93. The second kappa shape index (κ2) is 6.46. The number of aryl methyl sites for hydroxylation is 2. The van der Waals surface area contributed by atoms with Crippen molar-refractivity contribution in [1.82, 2.24) is 9.97 Å². The van der Waals surface area contributed by atoms with Crippen LogP contribution >= 0.6 is 22.9 Å². The summed E-state index contributed by atoms with van der Waals surface area (Å²) in [5, 5.41) is 5.54. The molecule has 0 saturated heterocycles. The molecule has 0 unspecified atom stereocenters. The van der Waals surface area contributed by atoms with Crippen LogP contribution in [0.2, 0.25) is 5.02 Å². The minimum atomic E-state index is 0.782. The van der Waals surface area contributed by atoms with Crippen molar-refractivity contribution >= 4 is 39.0 Å². The topological polar surface area (TPSA) is 37.8 Å². The summed E-state index contributed by atoms with van der Waals surface area (Å²) in [6, 6.07) is 8.03. The van der Waals surface area contributed by atoms with Gasteiger partial charge in [0.25, 0.3) is 0 Å². The Hall–Kier alpha value is -1.65. The summed E-state index contributed by atoms with van der Waals surface area (Å²) < 4.78 is 0. The summed E-state index contributed by atoms with van der Waals surface area (Å²) in [6.45, 7) is 0.859. The van der Waals surface area contributed by atoms with Crippen LogP contribution in [-0.4, -0.2) is 16.5 Å². The molecule has 0 spiro atoms. The number of nitrogens with one attached hydrogen (secondary N) is 1. The lowest BCUT2D eigenvalue weighted by Crippen LogP contribution is -2.08. The molecule has 0 amide bonds. The summed E-state index contributed by atoms with van der Waals surface area (Å²) in [6.07, 6.45) is 7.56. The van der Waals surface area contributed by atoms with Crippen molar-refractivity contribution in [3.63, 3.8) is 0 Å². The van der Waals surface area contributed by atoms with Gasteiger partial charge in [-0.05, 0) is 55.4 Å². The van der Waals surface area contributed by atoms with Crippen molar-refractivity contribution in [3.05, 3.63) is 51.6 Å². The minimum Gasteiger partial charge on any atom is -0.369 e. The van der Waals surface area contributed by atoms with E-state index in [1.165, 1.54) is 40.7 Å². The Morgan fingerprint density at radius 2 is 1.91 bits per heavy atom. The maximum Gasteiger partial charge on any atom is 0.138 e. The van der Waals surface area contributed by atoms with Crippen LogP contribution in [0.15, 0.2) is 30.6 Å². The van der Waals surface area contributed by atoms with Crippen molar-refractivity contribution < 1.29 is 0 Å². The van der Waals surface area contributed by atoms with Crippen LogP contribution in [0, 0.1) is 0 Å². The van der Waals surface area contributed by atoms with Gasteiger partial charge in [-0.1, -0.05) is 23.7 Å². The second-order valence-electron chi connectivity index (χ2n) is 5.92. The fraction of sp³-hybridized carbons (Fsp3) is 0.333. The predicted octanol–water partition coefficient (Wildman–Crippen LogP) is 4.88. The van der Waals surface area contributed by atoms with E-state index in [0.29, 0.717) is 0 Å². The van der Waals surface area contributed by atoms with E-state index in [4.69, 9.17) is 11.6 Å². The quantitative estimate of drug-likeness (QED) is 0.733. The number of hydrogen-bond acceptors (Lipinski definition) is 4. The van der Waals surface area contributed by atoms with E-state index in [0.717, 1.165) is 35.1 Å². The number of anilines is 1. The zero-order valence-corrected chi connectivity index (χ0v) is 14.4. The van der Waals surface area contributed by atoms with Gasteiger partial charge in [0.05, 0.1) is 5.39 Å². The third-order valence-corrected chi connectivity index (χ3v) is 5.82. The summed E-state index contributed by atoms with van der Waals surface area (Å²) in [7, 11) is 0. The SMILES string of the molecule is Clc1ccc(CCNc2ncnc3sc4c(c23)CCCC4)cc1. The summed E-state index contributed by atoms with van der Waals surface area (Å²) in [4.78, 5) is 11.6. The molecule has 1 aromatic carbocycles. The Balaban J connectivity index is 1.54. The first kappa shape index (κ1) is 14.9. The molecule has 1 N–H and O–H groups in total. The number of benzene rings is 1. The summed E-state index contributed by atoms with van der Waals surface area (Å²) >= 11 is 7.77. The highest BCUT2D eigenvalue weighted by atomic mass is 35.5. The van der Waals surface area contributed by atoms with Crippen LogP contribution in [0.5, 0.6) is 0 Å². The van der Waals surface area contributed by atoms with Crippen LogP contribution in [0.3, 0.4) is 0 Å². The number of rotatable bonds is 4. The van der Waals surface area contributed by atoms with Gasteiger partial charge < -0.3 is 5.32 Å². The van der Waals surface area contributed by atoms with Crippen LogP contribution in [0.1, 0.15) is 28.8 Å². The van der Waals surface area contributed by atoms with Crippen molar-refractivity contribution in [1.29, 1.82) is 0 Å². The lowest BCUT2D eigenvalue weighted by molar-refractivity contribution is 0.700. The number of thiophene rings is 1. The van der Waals surface area contributed by atoms with E-state index in [-0.39, 0.29) is 0 Å². The van der Waals surface area contributed by atoms with E-state index < -0.39 is 0 Å². The van der Waals surface area contributed by atoms with Gasteiger partial charge in [-0.2, -0.15) is 0 Å². The number of aromatic nitrogens is 2. The maximum atomic E-state index is 5.93. The number of halogens is 1. The van der Waals surface area contributed by atoms with Crippen molar-refractivity contribution in [2.45, 2.75) is 32.1 Å². The van der Waals surface area contributed by atoms with E-state index in [2.05, 4.69) is 27.4 Å². The molecule has 1 aliphatic carbocycles. The van der Waals surface area contributed by atoms with E-state index in [1.54, 1.807) is 6.33 Å². The van der Waals surface area contributed by atoms with Gasteiger partial charge in [-0.3, -0.25) is 0 Å². The molecule has 5 heteroatoms. The Labute approximate surface area is 144 Å². The molecular formula is C18H18ClN3S. The highest BCUT2D eigenvalue weighted by molar-refractivity contribution is 7.19. The van der Waals surface area contributed by atoms with Gasteiger partial charge in [-0.25, -0.2) is 9.97 Å². The molecule has 118 valence electrons. The molecule has 4 rings (SSSR count). The van der Waals surface area contributed by atoms with Gasteiger partial charge in [0, 0.05) is 16.4 Å². The Morgan fingerprint density at radius 3 is 2.78 bits per heavy atom. The summed E-state index contributed by atoms with van der Waals surface area (Å²) in [5.74, 6) is 0.989. The molecule has 0 radical (unpaired) electrons. The highest BCUT2D eigenvalue weighted by Gasteiger charge is 2.19. The number of hydrogen-bond donors (Lipinski definition) is 1. The average Bonchev–Trinajstić information content (AvgIpc) is 2.96. The summed E-state index contributed by atoms with van der Waals surface area (Å²) in [5.41, 5.74) is 2.75. The molecule has 0 fully saturated rings. The molecule has 23 heavy (non-hydrogen) atoms. The third kappa shape index (κ3) is 3.06. The molecule has 2 aromatic heterocycles. The molecule has 0 aliphatic heterocycles. The van der Waals surface area contributed by atoms with Gasteiger partial charge in [-0.15, -0.1) is 11.3 Å². The van der Waals surface area contributed by atoms with Crippen molar-refractivity contribution in [2.75, 3.05) is 11.9 Å². The van der Waals surface area contributed by atoms with Gasteiger partial charge in [0.2, 0.25) is 0 Å². The number of fused-ring (bicyclic) bond motifs is 3.